The minimum atomic E-state index is 0. The standard InChI is InChI=1S/C3H6N6.CH4.N2.H3N.O2.H2O.H2/c4-1-7-2(5)9-3(6)8-1;;1-2;;1-2;;/h(H6,4,5,6,7,8,9);1H4;;1H3;;1H2;1H/i;;;;;;1+1. The molecule has 0 bridgehead atoms. The van der Waals surface area contributed by atoms with Crippen molar-refractivity contribution in [2.75, 3.05) is 17.2 Å². The van der Waals surface area contributed by atoms with E-state index in [2.05, 4.69) is 15.0 Å². The van der Waals surface area contributed by atoms with Crippen LogP contribution in [0.4, 0.5) is 17.8 Å². The SMILES string of the molecule is C.N.N#N.Nc1nc(N)nc(N)n1.O.O=O.[2HH]. The molecule has 1 heterocycles. The fraction of sp³-hybridized carbons (Fsp3) is 0.250. The van der Waals surface area contributed by atoms with E-state index in [1.54, 1.807) is 0 Å². The van der Waals surface area contributed by atoms with E-state index in [4.69, 9.17) is 37.9 Å². The van der Waals surface area contributed by atoms with Gasteiger partial charge in [-0.3, -0.25) is 0 Å². The lowest BCUT2D eigenvalue weighted by Gasteiger charge is -1.93. The molecule has 0 amide bonds. The molecule has 1 aromatic heterocycles. The van der Waals surface area contributed by atoms with Gasteiger partial charge in [-0.05, 0) is 0 Å². The van der Waals surface area contributed by atoms with Crippen molar-refractivity contribution in [1.29, 1.82) is 10.8 Å². The first kappa shape index (κ1) is 29.2. The predicted molar refractivity (Wildman–Crippen MR) is 60.7 cm³/mol. The molecule has 0 fully saturated rings. The highest BCUT2D eigenvalue weighted by Crippen LogP contribution is 1.97. The molecule has 96 valence electrons. The van der Waals surface area contributed by atoms with Gasteiger partial charge < -0.3 is 28.8 Å². The van der Waals surface area contributed by atoms with E-state index >= 15 is 0 Å². The molecule has 0 atom stereocenters. The van der Waals surface area contributed by atoms with Crippen LogP contribution in [-0.4, -0.2) is 20.4 Å². The van der Waals surface area contributed by atoms with Crippen molar-refractivity contribution in [3.63, 3.8) is 0 Å². The Bertz CT molecular complexity index is 234. The topological polar surface area (TPSA) is 265 Å². The zero-order valence-corrected chi connectivity index (χ0v) is 7.49. The normalized spacial score (nSPS) is 5.62. The summed E-state index contributed by atoms with van der Waals surface area (Å²) in [6.45, 7) is 0. The molecule has 0 aromatic carbocycles. The summed E-state index contributed by atoms with van der Waals surface area (Å²) in [6, 6.07) is 0. The van der Waals surface area contributed by atoms with E-state index in [1.165, 1.54) is 0 Å². The molecule has 16 heavy (non-hydrogen) atoms. The average Bonchev–Trinajstić information content (AvgIpc) is 2.09. The summed E-state index contributed by atoms with van der Waals surface area (Å²) in [5, 5.41) is 12.0. The van der Waals surface area contributed by atoms with Crippen LogP contribution in [0.1, 0.15) is 8.85 Å². The first-order valence-corrected chi connectivity index (χ1v) is 2.57. The third kappa shape index (κ3) is 13.9. The van der Waals surface area contributed by atoms with Crippen LogP contribution < -0.4 is 23.4 Å². The van der Waals surface area contributed by atoms with Crippen LogP contribution in [0, 0.1) is 20.7 Å². The summed E-state index contributed by atoms with van der Waals surface area (Å²) in [7, 11) is 0. The molecule has 0 spiro atoms. The minimum absolute atomic E-state index is 0. The lowest BCUT2D eigenvalue weighted by atomic mass is 10.9. The summed E-state index contributed by atoms with van der Waals surface area (Å²) in [4.78, 5) is 24.5. The van der Waals surface area contributed by atoms with Crippen LogP contribution in [0.2, 0.25) is 0 Å². The van der Waals surface area contributed by atoms with E-state index in [0.717, 1.165) is 0 Å². The number of nitrogen functional groups attached to an aromatic ring is 3. The zero-order valence-electron chi connectivity index (χ0n) is 7.49. The van der Waals surface area contributed by atoms with Crippen LogP contribution >= 0.6 is 0 Å². The molecular weight excluding hydrogens is 222 g/mol. The molecule has 1 rings (SSSR count). The fourth-order valence-electron chi connectivity index (χ4n) is 0.427. The van der Waals surface area contributed by atoms with Crippen LogP contribution in [-0.2, 0) is 0 Å². The van der Waals surface area contributed by atoms with Crippen molar-refractivity contribution in [3.8, 4) is 0 Å². The van der Waals surface area contributed by atoms with Gasteiger partial charge >= 0.3 is 0 Å². The molecule has 11 N–H and O–H groups in total. The van der Waals surface area contributed by atoms with Crippen molar-refractivity contribution < 1.29 is 6.90 Å². The van der Waals surface area contributed by atoms with Crippen molar-refractivity contribution in [1.82, 2.24) is 21.1 Å². The maximum absolute atomic E-state index is 7.00. The molecule has 0 aliphatic rings. The third-order valence-electron chi connectivity index (χ3n) is 0.687. The number of aromatic nitrogens is 3. The molecule has 12 heteroatoms. The second kappa shape index (κ2) is 18.2. The van der Waals surface area contributed by atoms with Crippen molar-refractivity contribution in [2.45, 2.75) is 7.43 Å². The Morgan fingerprint density at radius 1 is 0.875 bits per heavy atom. The van der Waals surface area contributed by atoms with E-state index in [-0.39, 0.29) is 38.3 Å². The highest BCUT2D eigenvalue weighted by atomic mass is 16.7. The first-order chi connectivity index (χ1) is 6.18. The van der Waals surface area contributed by atoms with Gasteiger partial charge in [-0.15, -0.1) is 0 Å². The number of anilines is 3. The molecule has 0 unspecified atom stereocenters. The van der Waals surface area contributed by atoms with E-state index in [0.29, 0.717) is 0 Å². The van der Waals surface area contributed by atoms with Gasteiger partial charge in [0.2, 0.25) is 17.8 Å². The van der Waals surface area contributed by atoms with Crippen molar-refractivity contribution >= 4 is 17.8 Å². The average molecular weight is 240 g/mol. The number of hydrogen-bond acceptors (Lipinski definition) is 11. The number of nitrogens with two attached hydrogens (primary N) is 3. The lowest BCUT2D eigenvalue weighted by Crippen LogP contribution is -2.05. The lowest BCUT2D eigenvalue weighted by molar-refractivity contribution is 0.824. The Morgan fingerprint density at radius 2 is 1.00 bits per heavy atom. The number of rotatable bonds is 0. The summed E-state index contributed by atoms with van der Waals surface area (Å²) in [6.07, 6.45) is 0. The van der Waals surface area contributed by atoms with E-state index in [1.807, 2.05) is 0 Å². The number of hydrogen-bond donors (Lipinski definition) is 4. The van der Waals surface area contributed by atoms with Crippen LogP contribution in [0.25, 0.3) is 0 Å². The molecule has 0 aliphatic carbocycles. The van der Waals surface area contributed by atoms with Gasteiger partial charge in [-0.25, -0.2) is 0 Å². The smallest absolute Gasteiger partial charge is 0.226 e. The predicted octanol–water partition coefficient (Wildman–Crippen LogP) is -1.07. The quantitative estimate of drug-likeness (QED) is 0.396. The molecule has 1 aromatic rings. The summed E-state index contributed by atoms with van der Waals surface area (Å²) in [5.74, 6) is 0.125. The van der Waals surface area contributed by atoms with Gasteiger partial charge in [-0.2, -0.15) is 15.0 Å². The molecule has 0 saturated carbocycles. The minimum Gasteiger partial charge on any atom is -0.412 e. The van der Waals surface area contributed by atoms with Gasteiger partial charge in [0.15, 0.2) is 0 Å². The monoisotopic (exact) mass is 240 g/mol. The van der Waals surface area contributed by atoms with Crippen molar-refractivity contribution in [2.24, 2.45) is 0 Å². The summed E-state index contributed by atoms with van der Waals surface area (Å²) in [5.41, 5.74) is 15.4. The van der Waals surface area contributed by atoms with Crippen LogP contribution in [0.15, 0.2) is 0 Å². The zero-order chi connectivity index (χ0) is 10.9. The number of nitrogens with zero attached hydrogens (tertiary/aromatic N) is 5. The maximum Gasteiger partial charge on any atom is 0.226 e. The maximum atomic E-state index is 7.00. The fourth-order valence-corrected chi connectivity index (χ4v) is 0.427. The summed E-state index contributed by atoms with van der Waals surface area (Å²) < 4.78 is 0. The largest absolute Gasteiger partial charge is 0.412 e. The Balaban J connectivity index is -0.0000000346. The first-order valence-electron chi connectivity index (χ1n) is 2.57. The Morgan fingerprint density at radius 3 is 1.12 bits per heavy atom. The van der Waals surface area contributed by atoms with Gasteiger partial charge in [0.05, 0.1) is 0 Å². The van der Waals surface area contributed by atoms with Gasteiger partial charge in [0.25, 0.3) is 0 Å². The van der Waals surface area contributed by atoms with Gasteiger partial charge in [0, 0.05) is 22.1 Å². The Labute approximate surface area is 92.3 Å². The highest BCUT2D eigenvalue weighted by molar-refractivity contribution is 5.33. The molecule has 0 aliphatic heterocycles. The van der Waals surface area contributed by atoms with Gasteiger partial charge in [0.1, 0.15) is 0 Å². The second-order valence-corrected chi connectivity index (χ2v) is 1.41. The van der Waals surface area contributed by atoms with Crippen molar-refractivity contribution in [3.05, 3.63) is 9.93 Å². The van der Waals surface area contributed by atoms with Gasteiger partial charge in [-0.1, -0.05) is 7.43 Å². The Kier molecular flexibility index (Phi) is 33.2. The molecule has 0 saturated heterocycles. The molecule has 12 nitrogen and oxygen atoms in total. The van der Waals surface area contributed by atoms with Crippen LogP contribution in [0.3, 0.4) is 0 Å². The van der Waals surface area contributed by atoms with E-state index in [9.17, 15) is 0 Å². The Hall–Kier alpha value is -2.65. The van der Waals surface area contributed by atoms with E-state index < -0.39 is 0 Å². The summed E-state index contributed by atoms with van der Waals surface area (Å²) >= 11 is 0. The third-order valence-corrected chi connectivity index (χ3v) is 0.687. The molecular formula is C4H17N9O3. The van der Waals surface area contributed by atoms with Crippen LogP contribution in [0.5, 0.6) is 0 Å². The molecule has 0 radical (unpaired) electrons. The highest BCUT2D eigenvalue weighted by Gasteiger charge is 1.93. The second-order valence-electron chi connectivity index (χ2n) is 1.41.